The third-order valence-corrected chi connectivity index (χ3v) is 5.21. The third-order valence-electron chi connectivity index (χ3n) is 3.53. The molecule has 1 heterocycles. The molecule has 1 aromatic carbocycles. The predicted molar refractivity (Wildman–Crippen MR) is 90.9 cm³/mol. The van der Waals surface area contributed by atoms with Crippen LogP contribution in [-0.2, 0) is 14.8 Å². The number of primary sulfonamides is 1. The number of esters is 1. The van der Waals surface area contributed by atoms with Gasteiger partial charge in [0, 0.05) is 10.9 Å². The van der Waals surface area contributed by atoms with E-state index < -0.39 is 21.9 Å². The fourth-order valence-corrected chi connectivity index (χ4v) is 3.13. The molecule has 1 fully saturated rings. The fourth-order valence-electron chi connectivity index (χ4n) is 1.94. The zero-order valence-electron chi connectivity index (χ0n) is 13.0. The minimum Gasteiger partial charge on any atom is -0.461 e. The van der Waals surface area contributed by atoms with Gasteiger partial charge in [0.25, 0.3) is 5.91 Å². The van der Waals surface area contributed by atoms with Gasteiger partial charge >= 0.3 is 5.97 Å². The van der Waals surface area contributed by atoms with Gasteiger partial charge in [-0.25, -0.2) is 23.3 Å². The lowest BCUT2D eigenvalue weighted by Gasteiger charge is -2.03. The van der Waals surface area contributed by atoms with E-state index in [9.17, 15) is 18.0 Å². The summed E-state index contributed by atoms with van der Waals surface area (Å²) in [7, 11) is -3.81. The van der Waals surface area contributed by atoms with Crippen molar-refractivity contribution in [2.45, 2.75) is 17.7 Å². The average molecular weight is 381 g/mol. The highest BCUT2D eigenvalue weighted by molar-refractivity contribution is 7.89. The first-order valence-corrected chi connectivity index (χ1v) is 9.82. The van der Waals surface area contributed by atoms with E-state index in [0.717, 1.165) is 24.2 Å². The van der Waals surface area contributed by atoms with Gasteiger partial charge in [-0.15, -0.1) is 11.3 Å². The lowest BCUT2D eigenvalue weighted by Crippen LogP contribution is -2.14. The molecule has 1 aromatic heterocycles. The number of amides is 1. The van der Waals surface area contributed by atoms with E-state index in [1.165, 1.54) is 29.6 Å². The molecule has 1 saturated carbocycles. The van der Waals surface area contributed by atoms with Crippen LogP contribution in [0.15, 0.2) is 34.5 Å². The van der Waals surface area contributed by atoms with Gasteiger partial charge in [0.1, 0.15) is 0 Å². The minimum atomic E-state index is -3.81. The highest BCUT2D eigenvalue weighted by atomic mass is 32.2. The molecule has 10 heteroatoms. The van der Waals surface area contributed by atoms with E-state index >= 15 is 0 Å². The first-order valence-electron chi connectivity index (χ1n) is 7.40. The van der Waals surface area contributed by atoms with Crippen molar-refractivity contribution < 1.29 is 22.7 Å². The van der Waals surface area contributed by atoms with Gasteiger partial charge in [0.05, 0.1) is 11.5 Å². The number of carbonyl (C=O) groups is 2. The molecule has 8 nitrogen and oxygen atoms in total. The van der Waals surface area contributed by atoms with Crippen molar-refractivity contribution >= 4 is 38.4 Å². The van der Waals surface area contributed by atoms with Crippen molar-refractivity contribution in [3.8, 4) is 0 Å². The number of hydrogen-bond donors (Lipinski definition) is 2. The Labute approximate surface area is 148 Å². The third kappa shape index (κ3) is 4.62. The summed E-state index contributed by atoms with van der Waals surface area (Å²) in [6.45, 7) is 0.397. The molecule has 0 atom stereocenters. The summed E-state index contributed by atoms with van der Waals surface area (Å²) in [5, 5.41) is 9.31. The first kappa shape index (κ1) is 17.5. The van der Waals surface area contributed by atoms with Crippen LogP contribution in [0.4, 0.5) is 5.13 Å². The van der Waals surface area contributed by atoms with E-state index in [1.807, 2.05) is 0 Å². The average Bonchev–Trinajstić information content (AvgIpc) is 3.29. The molecular weight excluding hydrogens is 366 g/mol. The normalized spacial score (nSPS) is 14.1. The molecule has 0 unspecified atom stereocenters. The van der Waals surface area contributed by atoms with Gasteiger partial charge in [-0.3, -0.25) is 10.1 Å². The molecule has 0 spiro atoms. The number of rotatable bonds is 6. The van der Waals surface area contributed by atoms with E-state index in [4.69, 9.17) is 9.88 Å². The lowest BCUT2D eigenvalue weighted by atomic mass is 10.2. The summed E-state index contributed by atoms with van der Waals surface area (Å²) in [6, 6.07) is 5.17. The number of aromatic nitrogens is 1. The number of thiazole rings is 1. The summed E-state index contributed by atoms with van der Waals surface area (Å²) in [6.07, 6.45) is 2.16. The standard InChI is InChI=1S/C15H15N3O5S2/c16-25(21,22)11-5-3-10(4-6-11)13(19)18-15-17-12(8-24-15)14(20)23-7-9-1-2-9/h3-6,8-9H,1-2,7H2,(H2,16,21,22)(H,17,18,19). The maximum atomic E-state index is 12.1. The zero-order chi connectivity index (χ0) is 18.0. The monoisotopic (exact) mass is 381 g/mol. The Bertz CT molecular complexity index is 902. The van der Waals surface area contributed by atoms with Gasteiger partial charge in [-0.2, -0.15) is 0 Å². The summed E-state index contributed by atoms with van der Waals surface area (Å²) in [4.78, 5) is 27.9. The number of hydrogen-bond acceptors (Lipinski definition) is 7. The number of ether oxygens (including phenoxy) is 1. The van der Waals surface area contributed by atoms with Crippen LogP contribution >= 0.6 is 11.3 Å². The summed E-state index contributed by atoms with van der Waals surface area (Å²) >= 11 is 1.10. The van der Waals surface area contributed by atoms with E-state index in [-0.39, 0.29) is 21.3 Å². The zero-order valence-corrected chi connectivity index (χ0v) is 14.6. The Hall–Kier alpha value is -2.30. The molecular formula is C15H15N3O5S2. The Morgan fingerprint density at radius 1 is 1.28 bits per heavy atom. The van der Waals surface area contributed by atoms with Gasteiger partial charge in [0.2, 0.25) is 10.0 Å². The van der Waals surface area contributed by atoms with E-state index in [2.05, 4.69) is 10.3 Å². The van der Waals surface area contributed by atoms with Crippen LogP contribution in [0.3, 0.4) is 0 Å². The second-order valence-corrected chi connectivity index (χ2v) is 8.02. The Morgan fingerprint density at radius 3 is 2.56 bits per heavy atom. The molecule has 0 radical (unpaired) electrons. The Kier molecular flexibility index (Phi) is 4.84. The van der Waals surface area contributed by atoms with Crippen molar-refractivity contribution in [3.05, 3.63) is 40.9 Å². The SMILES string of the molecule is NS(=O)(=O)c1ccc(C(=O)Nc2nc(C(=O)OCC3CC3)cs2)cc1. The first-order chi connectivity index (χ1) is 11.8. The smallest absolute Gasteiger partial charge is 0.357 e. The molecule has 132 valence electrons. The topological polar surface area (TPSA) is 128 Å². The number of nitrogens with two attached hydrogens (primary N) is 1. The molecule has 1 aliphatic rings. The summed E-state index contributed by atoms with van der Waals surface area (Å²) in [5.41, 5.74) is 0.381. The molecule has 2 aromatic rings. The number of nitrogens with zero attached hydrogens (tertiary/aromatic N) is 1. The van der Waals surface area contributed by atoms with Crippen molar-refractivity contribution in [1.82, 2.24) is 4.98 Å². The predicted octanol–water partition coefficient (Wildman–Crippen LogP) is 1.61. The molecule has 3 rings (SSSR count). The van der Waals surface area contributed by atoms with Crippen molar-refractivity contribution in [2.24, 2.45) is 11.1 Å². The molecule has 25 heavy (non-hydrogen) atoms. The van der Waals surface area contributed by atoms with Crippen LogP contribution in [-0.4, -0.2) is 31.9 Å². The van der Waals surface area contributed by atoms with Gasteiger partial charge in [-0.05, 0) is 43.0 Å². The van der Waals surface area contributed by atoms with Crippen molar-refractivity contribution in [2.75, 3.05) is 11.9 Å². The molecule has 3 N–H and O–H groups in total. The van der Waals surface area contributed by atoms with Crippen LogP contribution in [0.2, 0.25) is 0 Å². The summed E-state index contributed by atoms with van der Waals surface area (Å²) < 4.78 is 27.5. The van der Waals surface area contributed by atoms with Crippen molar-refractivity contribution in [1.29, 1.82) is 0 Å². The fraction of sp³-hybridized carbons (Fsp3) is 0.267. The van der Waals surface area contributed by atoms with Crippen LogP contribution in [0.1, 0.15) is 33.7 Å². The quantitative estimate of drug-likeness (QED) is 0.732. The van der Waals surface area contributed by atoms with E-state index in [1.54, 1.807) is 0 Å². The number of carbonyl (C=O) groups excluding carboxylic acids is 2. The number of sulfonamides is 1. The number of benzene rings is 1. The van der Waals surface area contributed by atoms with E-state index in [0.29, 0.717) is 12.5 Å². The van der Waals surface area contributed by atoms with Gasteiger partial charge in [0.15, 0.2) is 10.8 Å². The van der Waals surface area contributed by atoms with Crippen LogP contribution < -0.4 is 10.5 Å². The highest BCUT2D eigenvalue weighted by Crippen LogP contribution is 2.29. The second-order valence-electron chi connectivity index (χ2n) is 5.60. The highest BCUT2D eigenvalue weighted by Gasteiger charge is 2.24. The number of anilines is 1. The second kappa shape index (κ2) is 6.90. The Morgan fingerprint density at radius 2 is 1.96 bits per heavy atom. The number of nitrogens with one attached hydrogen (secondary N) is 1. The van der Waals surface area contributed by atoms with Crippen LogP contribution in [0.5, 0.6) is 0 Å². The van der Waals surface area contributed by atoms with Gasteiger partial charge < -0.3 is 4.74 Å². The lowest BCUT2D eigenvalue weighted by molar-refractivity contribution is 0.0480. The molecule has 1 aliphatic carbocycles. The van der Waals surface area contributed by atoms with Gasteiger partial charge in [-0.1, -0.05) is 0 Å². The maximum Gasteiger partial charge on any atom is 0.357 e. The minimum absolute atomic E-state index is 0.0843. The molecule has 0 saturated heterocycles. The molecule has 0 aliphatic heterocycles. The maximum absolute atomic E-state index is 12.1. The molecule has 1 amide bonds. The largest absolute Gasteiger partial charge is 0.461 e. The van der Waals surface area contributed by atoms with Crippen LogP contribution in [0.25, 0.3) is 0 Å². The summed E-state index contributed by atoms with van der Waals surface area (Å²) in [5.74, 6) is -0.531. The van der Waals surface area contributed by atoms with Crippen molar-refractivity contribution in [3.63, 3.8) is 0 Å². The molecule has 0 bridgehead atoms. The Balaban J connectivity index is 1.61. The van der Waals surface area contributed by atoms with Crippen LogP contribution in [0, 0.1) is 5.92 Å².